The summed E-state index contributed by atoms with van der Waals surface area (Å²) in [5.74, 6) is 3.51. The first-order chi connectivity index (χ1) is 17.4. The SMILES string of the molecule is C#CCOC(=O)N1C[C@@H]2C[C@@H](CC3CCOCC3OC)C[C@]2(C(=O)N2CCc3ncc(C)cc3C2)C1. The minimum absolute atomic E-state index is 0.0546. The summed E-state index contributed by atoms with van der Waals surface area (Å²) in [5, 5.41) is 0. The molecular weight excluding hydrogens is 458 g/mol. The number of carbonyl (C=O) groups is 2. The Hall–Kier alpha value is -2.63. The van der Waals surface area contributed by atoms with Crippen LogP contribution in [-0.2, 0) is 32.0 Å². The van der Waals surface area contributed by atoms with E-state index in [-0.39, 0.29) is 24.5 Å². The lowest BCUT2D eigenvalue weighted by molar-refractivity contribution is -0.144. The topological polar surface area (TPSA) is 81.2 Å². The standard InChI is InChI=1S/C28H37N3O5/c1-4-8-36-27(33)31-16-23-12-20(11-21-6-9-35-17-25(21)34-3)13-28(23,18-31)26(32)30-7-5-24-22(15-30)10-19(2)14-29-24/h1,10,14,20-21,23,25H,5-9,11-13,15-18H2,2-3H3/t20-,21?,23+,25?,28+/m1/s1. The summed E-state index contributed by atoms with van der Waals surface area (Å²) in [6.07, 6.45) is 11.4. The molecule has 1 aromatic rings. The van der Waals surface area contributed by atoms with Crippen LogP contribution in [0, 0.1) is 42.4 Å². The number of carbonyl (C=O) groups excluding carboxylic acids is 2. The smallest absolute Gasteiger partial charge is 0.410 e. The summed E-state index contributed by atoms with van der Waals surface area (Å²) in [6.45, 7) is 5.55. The lowest BCUT2D eigenvalue weighted by Crippen LogP contribution is -2.49. The Balaban J connectivity index is 1.36. The molecule has 5 atom stereocenters. The van der Waals surface area contributed by atoms with Gasteiger partial charge in [0.1, 0.15) is 0 Å². The number of pyridine rings is 1. The van der Waals surface area contributed by atoms with Gasteiger partial charge in [-0.2, -0.15) is 0 Å². The van der Waals surface area contributed by atoms with Gasteiger partial charge in [-0.25, -0.2) is 4.79 Å². The van der Waals surface area contributed by atoms with E-state index in [1.807, 2.05) is 18.0 Å². The van der Waals surface area contributed by atoms with Crippen LogP contribution in [0.1, 0.15) is 42.5 Å². The Morgan fingerprint density at radius 3 is 3.03 bits per heavy atom. The number of aromatic nitrogens is 1. The van der Waals surface area contributed by atoms with Crippen LogP contribution in [0.3, 0.4) is 0 Å². The van der Waals surface area contributed by atoms with Gasteiger partial charge < -0.3 is 24.0 Å². The molecule has 194 valence electrons. The van der Waals surface area contributed by atoms with E-state index in [0.717, 1.165) is 55.5 Å². The number of hydrogen-bond acceptors (Lipinski definition) is 6. The van der Waals surface area contributed by atoms with Crippen molar-refractivity contribution in [3.63, 3.8) is 0 Å². The largest absolute Gasteiger partial charge is 0.436 e. The van der Waals surface area contributed by atoms with Crippen molar-refractivity contribution in [2.24, 2.45) is 23.2 Å². The van der Waals surface area contributed by atoms with Crippen LogP contribution in [0.5, 0.6) is 0 Å². The molecule has 2 amide bonds. The number of hydrogen-bond donors (Lipinski definition) is 0. The Kier molecular flexibility index (Phi) is 7.23. The van der Waals surface area contributed by atoms with Crippen LogP contribution < -0.4 is 0 Å². The maximum absolute atomic E-state index is 14.3. The van der Waals surface area contributed by atoms with E-state index in [0.29, 0.717) is 44.6 Å². The molecule has 0 spiro atoms. The molecule has 1 aliphatic carbocycles. The monoisotopic (exact) mass is 495 g/mol. The normalized spacial score (nSPS) is 31.5. The first-order valence-corrected chi connectivity index (χ1v) is 13.1. The summed E-state index contributed by atoms with van der Waals surface area (Å²) >= 11 is 0. The molecule has 0 radical (unpaired) electrons. The van der Waals surface area contributed by atoms with Crippen LogP contribution >= 0.6 is 0 Å². The van der Waals surface area contributed by atoms with Crippen molar-refractivity contribution in [3.8, 4) is 12.3 Å². The predicted octanol–water partition coefficient (Wildman–Crippen LogP) is 2.81. The molecule has 1 aromatic heterocycles. The fourth-order valence-electron chi connectivity index (χ4n) is 7.10. The third-order valence-corrected chi connectivity index (χ3v) is 8.77. The maximum atomic E-state index is 14.3. The molecular formula is C28H37N3O5. The summed E-state index contributed by atoms with van der Waals surface area (Å²) < 4.78 is 16.6. The molecule has 0 N–H and O–H groups in total. The summed E-state index contributed by atoms with van der Waals surface area (Å²) in [4.78, 5) is 35.3. The first-order valence-electron chi connectivity index (χ1n) is 13.1. The maximum Gasteiger partial charge on any atom is 0.410 e. The van der Waals surface area contributed by atoms with E-state index in [9.17, 15) is 9.59 Å². The molecule has 3 aliphatic heterocycles. The van der Waals surface area contributed by atoms with Crippen molar-refractivity contribution in [2.75, 3.05) is 46.6 Å². The second-order valence-corrected chi connectivity index (χ2v) is 11.0. The minimum Gasteiger partial charge on any atom is -0.436 e. The second kappa shape index (κ2) is 10.4. The number of fused-ring (bicyclic) bond motifs is 2. The highest BCUT2D eigenvalue weighted by Crippen LogP contribution is 2.54. The first kappa shape index (κ1) is 25.0. The van der Waals surface area contributed by atoms with Crippen molar-refractivity contribution in [2.45, 2.75) is 51.7 Å². The number of terminal acetylenes is 1. The van der Waals surface area contributed by atoms with Crippen molar-refractivity contribution in [3.05, 3.63) is 29.1 Å². The zero-order valence-electron chi connectivity index (χ0n) is 21.4. The summed E-state index contributed by atoms with van der Waals surface area (Å²) in [7, 11) is 1.76. The molecule has 1 saturated carbocycles. The Morgan fingerprint density at radius 2 is 2.22 bits per heavy atom. The highest BCUT2D eigenvalue weighted by Gasteiger charge is 2.60. The Bertz CT molecular complexity index is 1040. The lowest BCUT2D eigenvalue weighted by Gasteiger charge is -2.37. The van der Waals surface area contributed by atoms with Crippen molar-refractivity contribution in [1.29, 1.82) is 0 Å². The van der Waals surface area contributed by atoms with E-state index >= 15 is 0 Å². The van der Waals surface area contributed by atoms with Crippen molar-refractivity contribution in [1.82, 2.24) is 14.8 Å². The Morgan fingerprint density at radius 1 is 1.36 bits per heavy atom. The molecule has 4 aliphatic rings. The van der Waals surface area contributed by atoms with Gasteiger partial charge in [-0.3, -0.25) is 9.78 Å². The van der Waals surface area contributed by atoms with Crippen molar-refractivity contribution >= 4 is 12.0 Å². The number of ether oxygens (including phenoxy) is 3. The molecule has 0 aromatic carbocycles. The fourth-order valence-corrected chi connectivity index (χ4v) is 7.10. The number of likely N-dealkylation sites (tertiary alicyclic amines) is 1. The number of nitrogens with zero attached hydrogens (tertiary/aromatic N) is 3. The number of aryl methyl sites for hydroxylation is 1. The van der Waals surface area contributed by atoms with Gasteiger partial charge in [0, 0.05) is 58.2 Å². The molecule has 36 heavy (non-hydrogen) atoms. The van der Waals surface area contributed by atoms with Gasteiger partial charge in [-0.05, 0) is 61.5 Å². The summed E-state index contributed by atoms with van der Waals surface area (Å²) in [5.41, 5.74) is 2.74. The average molecular weight is 496 g/mol. The molecule has 2 unspecified atom stereocenters. The number of rotatable bonds is 5. The van der Waals surface area contributed by atoms with Gasteiger partial charge in [-0.1, -0.05) is 12.0 Å². The van der Waals surface area contributed by atoms with E-state index in [4.69, 9.17) is 20.6 Å². The highest BCUT2D eigenvalue weighted by molar-refractivity contribution is 5.85. The zero-order chi connectivity index (χ0) is 25.3. The van der Waals surface area contributed by atoms with Gasteiger partial charge in [0.25, 0.3) is 0 Å². The molecule has 2 saturated heterocycles. The molecule has 5 rings (SSSR count). The fraction of sp³-hybridized carbons (Fsp3) is 0.679. The second-order valence-electron chi connectivity index (χ2n) is 11.0. The zero-order valence-corrected chi connectivity index (χ0v) is 21.4. The lowest BCUT2D eigenvalue weighted by atomic mass is 9.78. The van der Waals surface area contributed by atoms with E-state index < -0.39 is 11.5 Å². The van der Waals surface area contributed by atoms with Crippen LogP contribution in [0.25, 0.3) is 0 Å². The third-order valence-electron chi connectivity index (χ3n) is 8.77. The van der Waals surface area contributed by atoms with Crippen LogP contribution in [-0.4, -0.2) is 79.5 Å². The number of methoxy groups -OCH3 is 1. The van der Waals surface area contributed by atoms with E-state index in [1.165, 1.54) is 0 Å². The quantitative estimate of drug-likeness (QED) is 0.585. The minimum atomic E-state index is -0.581. The molecule has 8 heteroatoms. The van der Waals surface area contributed by atoms with Gasteiger partial charge in [-0.15, -0.1) is 6.42 Å². The van der Waals surface area contributed by atoms with Gasteiger partial charge in [0.2, 0.25) is 5.91 Å². The number of amides is 2. The van der Waals surface area contributed by atoms with Gasteiger partial charge in [0.15, 0.2) is 6.61 Å². The van der Waals surface area contributed by atoms with Crippen molar-refractivity contribution < 1.29 is 23.8 Å². The Labute approximate surface area is 213 Å². The summed E-state index contributed by atoms with van der Waals surface area (Å²) in [6, 6.07) is 2.14. The third kappa shape index (κ3) is 4.71. The molecule has 3 fully saturated rings. The van der Waals surface area contributed by atoms with Crippen LogP contribution in [0.15, 0.2) is 12.3 Å². The average Bonchev–Trinajstić information content (AvgIpc) is 3.41. The van der Waals surface area contributed by atoms with Crippen LogP contribution in [0.2, 0.25) is 0 Å². The molecule has 4 heterocycles. The highest BCUT2D eigenvalue weighted by atomic mass is 16.6. The van der Waals surface area contributed by atoms with E-state index in [2.05, 4.69) is 17.0 Å². The van der Waals surface area contributed by atoms with Crippen LogP contribution in [0.4, 0.5) is 4.79 Å². The molecule has 0 bridgehead atoms. The molecule has 8 nitrogen and oxygen atoms in total. The van der Waals surface area contributed by atoms with E-state index in [1.54, 1.807) is 12.0 Å². The van der Waals surface area contributed by atoms with Gasteiger partial charge >= 0.3 is 6.09 Å². The predicted molar refractivity (Wildman–Crippen MR) is 133 cm³/mol. The van der Waals surface area contributed by atoms with Gasteiger partial charge in [0.05, 0.1) is 18.1 Å².